The summed E-state index contributed by atoms with van der Waals surface area (Å²) in [7, 11) is 1.81. The number of hydrogen-bond acceptors (Lipinski definition) is 5. The highest BCUT2D eigenvalue weighted by Gasteiger charge is 2.37. The van der Waals surface area contributed by atoms with Gasteiger partial charge >= 0.3 is 0 Å². The second kappa shape index (κ2) is 12.7. The molecule has 1 aliphatic heterocycles. The zero-order valence-electron chi connectivity index (χ0n) is 18.1. The molecule has 1 saturated heterocycles. The van der Waals surface area contributed by atoms with Crippen molar-refractivity contribution in [3.63, 3.8) is 0 Å². The van der Waals surface area contributed by atoms with Gasteiger partial charge in [-0.3, -0.25) is 15.0 Å². The van der Waals surface area contributed by atoms with Gasteiger partial charge in [-0.05, 0) is 44.7 Å². The second-order valence-corrected chi connectivity index (χ2v) is 7.87. The topological polar surface area (TPSA) is 140 Å². The van der Waals surface area contributed by atoms with E-state index in [9.17, 15) is 14.4 Å². The lowest BCUT2D eigenvalue weighted by atomic mass is 9.97. The Kier molecular flexibility index (Phi) is 9.96. The van der Waals surface area contributed by atoms with Gasteiger partial charge < -0.3 is 31.4 Å². The molecule has 0 aliphatic carbocycles. The number of benzene rings is 1. The van der Waals surface area contributed by atoms with Gasteiger partial charge in [0.15, 0.2) is 5.96 Å². The molecule has 2 amide bonds. The van der Waals surface area contributed by atoms with Gasteiger partial charge in [0, 0.05) is 19.6 Å². The molecule has 170 valence electrons. The van der Waals surface area contributed by atoms with Crippen LogP contribution in [0.15, 0.2) is 30.3 Å². The molecule has 1 aromatic rings. The molecule has 0 radical (unpaired) electrons. The number of aldehydes is 1. The SMILES string of the molecule is CNCC(Cc1ccccc1)C(=O)N1CCC[C@H]1C(=O)N[C@H](C=O)CCCNC(=N)N. The Morgan fingerprint density at radius 1 is 1.32 bits per heavy atom. The standard InChI is InChI=1S/C22H34N6O3/c1-25-14-17(13-16-7-3-2-4-8-16)21(31)28-12-6-10-19(28)20(30)27-18(15-29)9-5-11-26-22(23)24/h2-4,7-8,15,17-19,25H,5-6,9-14H2,1H3,(H,27,30)(H4,23,24,26)/t17?,18-,19-/m0/s1. The molecule has 2 rings (SSSR count). The Hall–Kier alpha value is -2.94. The van der Waals surface area contributed by atoms with E-state index >= 15 is 0 Å². The molecular formula is C22H34N6O3. The predicted octanol–water partition coefficient (Wildman–Crippen LogP) is 0.00267. The monoisotopic (exact) mass is 430 g/mol. The van der Waals surface area contributed by atoms with Crippen LogP contribution < -0.4 is 21.7 Å². The van der Waals surface area contributed by atoms with Crippen molar-refractivity contribution in [1.82, 2.24) is 20.9 Å². The van der Waals surface area contributed by atoms with E-state index in [2.05, 4.69) is 16.0 Å². The molecule has 1 fully saturated rings. The molecule has 9 nitrogen and oxygen atoms in total. The molecule has 0 bridgehead atoms. The zero-order valence-corrected chi connectivity index (χ0v) is 18.1. The lowest BCUT2D eigenvalue weighted by Gasteiger charge is -2.29. The molecule has 6 N–H and O–H groups in total. The third-order valence-electron chi connectivity index (χ3n) is 5.46. The Labute approximate surface area is 183 Å². The minimum Gasteiger partial charge on any atom is -0.370 e. The fourth-order valence-corrected chi connectivity index (χ4v) is 3.93. The number of carbonyl (C=O) groups is 3. The maximum Gasteiger partial charge on any atom is 0.243 e. The van der Waals surface area contributed by atoms with E-state index in [0.29, 0.717) is 51.6 Å². The van der Waals surface area contributed by atoms with Gasteiger partial charge in [0.1, 0.15) is 12.3 Å². The Morgan fingerprint density at radius 3 is 2.71 bits per heavy atom. The smallest absolute Gasteiger partial charge is 0.243 e. The van der Waals surface area contributed by atoms with Gasteiger partial charge in [-0.15, -0.1) is 0 Å². The Balaban J connectivity index is 1.97. The van der Waals surface area contributed by atoms with E-state index in [-0.39, 0.29) is 23.7 Å². The summed E-state index contributed by atoms with van der Waals surface area (Å²) in [6, 6.07) is 8.66. The normalized spacial score (nSPS) is 17.6. The van der Waals surface area contributed by atoms with E-state index < -0.39 is 12.1 Å². The minimum atomic E-state index is -0.628. The van der Waals surface area contributed by atoms with Gasteiger partial charge in [-0.25, -0.2) is 0 Å². The first-order valence-electron chi connectivity index (χ1n) is 10.8. The quantitative estimate of drug-likeness (QED) is 0.137. The van der Waals surface area contributed by atoms with Gasteiger partial charge in [-0.1, -0.05) is 30.3 Å². The van der Waals surface area contributed by atoms with E-state index in [1.165, 1.54) is 0 Å². The number of amides is 2. The van der Waals surface area contributed by atoms with Crippen LogP contribution in [0.1, 0.15) is 31.2 Å². The van der Waals surface area contributed by atoms with Crippen molar-refractivity contribution in [2.24, 2.45) is 11.7 Å². The molecular weight excluding hydrogens is 396 g/mol. The zero-order chi connectivity index (χ0) is 22.6. The van der Waals surface area contributed by atoms with Crippen LogP contribution in [0.5, 0.6) is 0 Å². The fraction of sp³-hybridized carbons (Fsp3) is 0.545. The fourth-order valence-electron chi connectivity index (χ4n) is 3.93. The lowest BCUT2D eigenvalue weighted by molar-refractivity contribution is -0.141. The molecule has 1 aliphatic rings. The predicted molar refractivity (Wildman–Crippen MR) is 119 cm³/mol. The molecule has 1 aromatic carbocycles. The number of rotatable bonds is 12. The number of nitrogens with one attached hydrogen (secondary N) is 4. The average molecular weight is 431 g/mol. The maximum atomic E-state index is 13.3. The molecule has 0 aromatic heterocycles. The third kappa shape index (κ3) is 7.67. The van der Waals surface area contributed by atoms with Crippen molar-refractivity contribution in [1.29, 1.82) is 5.41 Å². The summed E-state index contributed by atoms with van der Waals surface area (Å²) in [4.78, 5) is 39.2. The summed E-state index contributed by atoms with van der Waals surface area (Å²) in [6.45, 7) is 1.52. The van der Waals surface area contributed by atoms with Crippen LogP contribution in [0.4, 0.5) is 0 Å². The van der Waals surface area contributed by atoms with E-state index in [1.54, 1.807) is 4.90 Å². The lowest BCUT2D eigenvalue weighted by Crippen LogP contribution is -2.51. The second-order valence-electron chi connectivity index (χ2n) is 7.87. The number of likely N-dealkylation sites (tertiary alicyclic amines) is 1. The summed E-state index contributed by atoms with van der Waals surface area (Å²) in [5.41, 5.74) is 6.31. The molecule has 1 heterocycles. The first-order valence-corrected chi connectivity index (χ1v) is 10.8. The van der Waals surface area contributed by atoms with Gasteiger partial charge in [-0.2, -0.15) is 0 Å². The maximum absolute atomic E-state index is 13.3. The minimum absolute atomic E-state index is 0.0378. The molecule has 0 saturated carbocycles. The van der Waals surface area contributed by atoms with Crippen LogP contribution in [0, 0.1) is 11.3 Å². The van der Waals surface area contributed by atoms with Gasteiger partial charge in [0.2, 0.25) is 11.8 Å². The highest BCUT2D eigenvalue weighted by molar-refractivity contribution is 5.90. The largest absolute Gasteiger partial charge is 0.370 e. The first-order chi connectivity index (χ1) is 15.0. The van der Waals surface area contributed by atoms with E-state index in [0.717, 1.165) is 12.0 Å². The summed E-state index contributed by atoms with van der Waals surface area (Å²) in [5, 5.41) is 15.7. The van der Waals surface area contributed by atoms with Gasteiger partial charge in [0.25, 0.3) is 0 Å². The van der Waals surface area contributed by atoms with Crippen LogP contribution in [-0.4, -0.2) is 67.7 Å². The van der Waals surface area contributed by atoms with Gasteiger partial charge in [0.05, 0.1) is 12.0 Å². The molecule has 3 atom stereocenters. The van der Waals surface area contributed by atoms with E-state index in [4.69, 9.17) is 11.1 Å². The molecule has 1 unspecified atom stereocenters. The highest BCUT2D eigenvalue weighted by Crippen LogP contribution is 2.22. The summed E-state index contributed by atoms with van der Waals surface area (Å²) in [5.74, 6) is -0.715. The third-order valence-corrected chi connectivity index (χ3v) is 5.46. The van der Waals surface area contributed by atoms with E-state index in [1.807, 2.05) is 37.4 Å². The molecule has 0 spiro atoms. The number of carbonyl (C=O) groups excluding carboxylic acids is 3. The average Bonchev–Trinajstić information content (AvgIpc) is 3.25. The van der Waals surface area contributed by atoms with Crippen molar-refractivity contribution < 1.29 is 14.4 Å². The first kappa shape index (κ1) is 24.3. The van der Waals surface area contributed by atoms with Crippen LogP contribution >= 0.6 is 0 Å². The van der Waals surface area contributed by atoms with Crippen molar-refractivity contribution in [3.8, 4) is 0 Å². The van der Waals surface area contributed by atoms with Crippen molar-refractivity contribution in [2.75, 3.05) is 26.7 Å². The summed E-state index contributed by atoms with van der Waals surface area (Å²) in [6.07, 6.45) is 3.68. The number of nitrogens with zero attached hydrogens (tertiary/aromatic N) is 1. The summed E-state index contributed by atoms with van der Waals surface area (Å²) < 4.78 is 0. The Bertz CT molecular complexity index is 742. The highest BCUT2D eigenvalue weighted by atomic mass is 16.2. The number of nitrogens with two attached hydrogens (primary N) is 1. The van der Waals surface area contributed by atoms with Crippen LogP contribution in [0.2, 0.25) is 0 Å². The van der Waals surface area contributed by atoms with Crippen LogP contribution in [-0.2, 0) is 20.8 Å². The van der Waals surface area contributed by atoms with Crippen molar-refractivity contribution >= 4 is 24.1 Å². The molecule has 9 heteroatoms. The number of guanidine groups is 1. The molecule has 31 heavy (non-hydrogen) atoms. The summed E-state index contributed by atoms with van der Waals surface area (Å²) >= 11 is 0. The number of hydrogen-bond donors (Lipinski definition) is 5. The van der Waals surface area contributed by atoms with Crippen LogP contribution in [0.3, 0.4) is 0 Å². The van der Waals surface area contributed by atoms with Crippen molar-refractivity contribution in [2.45, 2.75) is 44.2 Å². The van der Waals surface area contributed by atoms with Crippen LogP contribution in [0.25, 0.3) is 0 Å². The Morgan fingerprint density at radius 2 is 2.06 bits per heavy atom. The van der Waals surface area contributed by atoms with Crippen molar-refractivity contribution in [3.05, 3.63) is 35.9 Å².